The Morgan fingerprint density at radius 1 is 0.833 bits per heavy atom. The molecule has 0 aliphatic rings. The van der Waals surface area contributed by atoms with Crippen LogP contribution >= 0.6 is 0 Å². The molecule has 0 radical (unpaired) electrons. The zero-order chi connectivity index (χ0) is 22.0. The number of carbonyl (C=O) groups excluding carboxylic acids is 1. The molecule has 0 fully saturated rings. The Morgan fingerprint density at radius 2 is 1.50 bits per heavy atom. The van der Waals surface area contributed by atoms with E-state index in [1.54, 1.807) is 0 Å². The molecule has 1 aromatic carbocycles. The summed E-state index contributed by atoms with van der Waals surface area (Å²) in [6.45, 7) is 4.28. The fourth-order valence-electron chi connectivity index (χ4n) is 3.22. The third-order valence-electron chi connectivity index (χ3n) is 5.13. The van der Waals surface area contributed by atoms with E-state index in [9.17, 15) is 10.1 Å². The van der Waals surface area contributed by atoms with Crippen LogP contribution in [0.5, 0.6) is 0 Å². The molecule has 0 amide bonds. The monoisotopic (exact) mass is 402 g/mol. The summed E-state index contributed by atoms with van der Waals surface area (Å²) in [6.07, 6.45) is 16.8. The van der Waals surface area contributed by atoms with Crippen molar-refractivity contribution in [2.45, 2.75) is 78.1 Å². The van der Waals surface area contributed by atoms with Gasteiger partial charge in [-0.05, 0) is 89.3 Å². The summed E-state index contributed by atoms with van der Waals surface area (Å²) >= 11 is 0. The second-order valence-corrected chi connectivity index (χ2v) is 7.78. The molecule has 30 heavy (non-hydrogen) atoms. The van der Waals surface area contributed by atoms with Crippen LogP contribution in [0.25, 0.3) is 0 Å². The van der Waals surface area contributed by atoms with Gasteiger partial charge in [0.1, 0.15) is 6.29 Å². The van der Waals surface area contributed by atoms with E-state index in [0.29, 0.717) is 12.0 Å². The molecule has 0 aromatic heterocycles. The molecular weight excluding hydrogens is 368 g/mol. The van der Waals surface area contributed by atoms with E-state index in [2.05, 4.69) is 44.2 Å². The molecule has 0 aliphatic carbocycles. The molecule has 0 saturated heterocycles. The minimum atomic E-state index is 0.651. The largest absolute Gasteiger partial charge is 0.303 e. The Balaban J connectivity index is 2.31. The summed E-state index contributed by atoms with van der Waals surface area (Å²) in [4.78, 5) is 10.3. The fraction of sp³-hybridized carbons (Fsp3) is 0.444. The number of carbonyl (C=O) groups is 1. The van der Waals surface area contributed by atoms with Crippen LogP contribution in [0.3, 0.4) is 0 Å². The van der Waals surface area contributed by atoms with Crippen LogP contribution in [0, 0.1) is 22.7 Å². The van der Waals surface area contributed by atoms with Crippen LogP contribution in [0.1, 0.15) is 82.8 Å². The molecule has 0 bridgehead atoms. The van der Waals surface area contributed by atoms with Crippen LogP contribution in [-0.4, -0.2) is 6.29 Å². The number of unbranched alkanes of at least 4 members (excludes halogenated alkanes) is 2. The Bertz CT molecular complexity index is 814. The van der Waals surface area contributed by atoms with E-state index >= 15 is 0 Å². The Morgan fingerprint density at radius 3 is 2.17 bits per heavy atom. The maximum atomic E-state index is 10.3. The normalized spacial score (nSPS) is 12.3. The quantitative estimate of drug-likeness (QED) is 0.144. The summed E-state index contributed by atoms with van der Waals surface area (Å²) in [7, 11) is 0. The van der Waals surface area contributed by atoms with Crippen molar-refractivity contribution < 1.29 is 4.79 Å². The van der Waals surface area contributed by atoms with Gasteiger partial charge >= 0.3 is 0 Å². The van der Waals surface area contributed by atoms with Crippen molar-refractivity contribution in [1.29, 1.82) is 10.5 Å². The van der Waals surface area contributed by atoms with Crippen LogP contribution in [-0.2, 0) is 11.2 Å². The summed E-state index contributed by atoms with van der Waals surface area (Å²) in [5.74, 6) is 0. The zero-order valence-corrected chi connectivity index (χ0v) is 18.5. The minimum absolute atomic E-state index is 0.651. The summed E-state index contributed by atoms with van der Waals surface area (Å²) in [5.41, 5.74) is 5.51. The number of nitriles is 2. The van der Waals surface area contributed by atoms with Crippen LogP contribution in [0.15, 0.2) is 59.2 Å². The smallest absolute Gasteiger partial charge is 0.119 e. The second-order valence-electron chi connectivity index (χ2n) is 7.78. The average Bonchev–Trinajstić information content (AvgIpc) is 2.76. The fourth-order valence-corrected chi connectivity index (χ4v) is 3.22. The number of rotatable bonds is 14. The van der Waals surface area contributed by atoms with Crippen LogP contribution in [0.4, 0.5) is 0 Å². The topological polar surface area (TPSA) is 64.7 Å². The highest BCUT2D eigenvalue weighted by Crippen LogP contribution is 2.14. The Kier molecular flexibility index (Phi) is 13.4. The summed E-state index contributed by atoms with van der Waals surface area (Å²) < 4.78 is 0. The molecule has 0 N–H and O–H groups in total. The lowest BCUT2D eigenvalue weighted by atomic mass is 10.0. The molecule has 0 atom stereocenters. The van der Waals surface area contributed by atoms with Gasteiger partial charge in [-0.1, -0.05) is 41.5 Å². The minimum Gasteiger partial charge on any atom is -0.303 e. The van der Waals surface area contributed by atoms with E-state index < -0.39 is 0 Å². The molecule has 3 nitrogen and oxygen atoms in total. The van der Waals surface area contributed by atoms with Gasteiger partial charge in [0, 0.05) is 12.0 Å². The maximum absolute atomic E-state index is 10.3. The second kappa shape index (κ2) is 15.9. The first kappa shape index (κ1) is 25.1. The molecule has 0 heterocycles. The number of allylic oxidation sites excluding steroid dienone is 6. The lowest BCUT2D eigenvalue weighted by Crippen LogP contribution is -1.86. The van der Waals surface area contributed by atoms with Gasteiger partial charge in [0.15, 0.2) is 0 Å². The highest BCUT2D eigenvalue weighted by Gasteiger charge is 1.98. The molecule has 0 unspecified atom stereocenters. The van der Waals surface area contributed by atoms with Crippen molar-refractivity contribution in [2.75, 3.05) is 0 Å². The van der Waals surface area contributed by atoms with Crippen molar-refractivity contribution in [1.82, 2.24) is 0 Å². The van der Waals surface area contributed by atoms with Crippen molar-refractivity contribution >= 4 is 6.29 Å². The first-order chi connectivity index (χ1) is 14.6. The van der Waals surface area contributed by atoms with Gasteiger partial charge in [0.25, 0.3) is 0 Å². The number of nitrogens with zero attached hydrogens (tertiary/aromatic N) is 2. The third kappa shape index (κ3) is 11.8. The zero-order valence-electron chi connectivity index (χ0n) is 18.5. The van der Waals surface area contributed by atoms with Gasteiger partial charge in [-0.3, -0.25) is 0 Å². The van der Waals surface area contributed by atoms with E-state index in [1.807, 2.05) is 24.3 Å². The molecule has 0 aliphatic heterocycles. The van der Waals surface area contributed by atoms with Gasteiger partial charge in [-0.2, -0.15) is 10.5 Å². The Labute approximate surface area is 182 Å². The first-order valence-corrected chi connectivity index (χ1v) is 10.9. The number of benzene rings is 1. The summed E-state index contributed by atoms with van der Waals surface area (Å²) in [5, 5.41) is 18.2. The standard InChI is InChI=1S/C27H34N2O/c1-23(9-4-3-5-20-30)11-7-14-26(21-28)15-8-12-24(2)10-6-13-25-16-18-27(22-29)19-17-25/h10-11,15-20H,3-9,12-14H2,1-2H3/b23-11+,24-10+,26-15-. The molecule has 3 heteroatoms. The summed E-state index contributed by atoms with van der Waals surface area (Å²) in [6, 6.07) is 12.2. The predicted octanol–water partition coefficient (Wildman–Crippen LogP) is 7.15. The van der Waals surface area contributed by atoms with Gasteiger partial charge in [0.2, 0.25) is 0 Å². The first-order valence-electron chi connectivity index (χ1n) is 10.9. The van der Waals surface area contributed by atoms with Crippen molar-refractivity contribution in [3.8, 4) is 12.1 Å². The highest BCUT2D eigenvalue weighted by atomic mass is 16.1. The van der Waals surface area contributed by atoms with Crippen LogP contribution in [0.2, 0.25) is 0 Å². The lowest BCUT2D eigenvalue weighted by molar-refractivity contribution is -0.107. The molecule has 158 valence electrons. The van der Waals surface area contributed by atoms with E-state index in [1.165, 1.54) is 16.7 Å². The highest BCUT2D eigenvalue weighted by molar-refractivity contribution is 5.48. The van der Waals surface area contributed by atoms with E-state index in [4.69, 9.17) is 5.26 Å². The average molecular weight is 403 g/mol. The SMILES string of the molecule is C/C(=C\CCc1ccc(C#N)cc1)CC/C=C(\C#N)CC/C=C(\C)CCCCC=O. The van der Waals surface area contributed by atoms with Gasteiger partial charge in [-0.25, -0.2) is 0 Å². The molecule has 1 aromatic rings. The molecule has 1 rings (SSSR count). The lowest BCUT2D eigenvalue weighted by Gasteiger charge is -2.02. The van der Waals surface area contributed by atoms with Gasteiger partial charge in [0.05, 0.1) is 17.7 Å². The Hall–Kier alpha value is -2.91. The van der Waals surface area contributed by atoms with Crippen molar-refractivity contribution in [3.05, 3.63) is 70.3 Å². The molecular formula is C27H34N2O. The predicted molar refractivity (Wildman–Crippen MR) is 124 cm³/mol. The third-order valence-corrected chi connectivity index (χ3v) is 5.13. The molecule has 0 saturated carbocycles. The van der Waals surface area contributed by atoms with Crippen molar-refractivity contribution in [3.63, 3.8) is 0 Å². The van der Waals surface area contributed by atoms with Crippen LogP contribution < -0.4 is 0 Å². The maximum Gasteiger partial charge on any atom is 0.119 e. The van der Waals surface area contributed by atoms with Gasteiger partial charge in [-0.15, -0.1) is 0 Å². The number of aldehydes is 1. The van der Waals surface area contributed by atoms with E-state index in [-0.39, 0.29) is 0 Å². The number of hydrogen-bond acceptors (Lipinski definition) is 3. The van der Waals surface area contributed by atoms with Gasteiger partial charge < -0.3 is 4.79 Å². The number of hydrogen-bond donors (Lipinski definition) is 0. The van der Waals surface area contributed by atoms with Crippen molar-refractivity contribution in [2.24, 2.45) is 0 Å². The number of aryl methyl sites for hydroxylation is 1. The molecule has 0 spiro atoms. The van der Waals surface area contributed by atoms with E-state index in [0.717, 1.165) is 69.6 Å².